The fraction of sp³-hybridized carbons (Fsp3) is 0.297. The van der Waals surface area contributed by atoms with Gasteiger partial charge < -0.3 is 9.80 Å². The Morgan fingerprint density at radius 2 is 1.69 bits per heavy atom. The summed E-state index contributed by atoms with van der Waals surface area (Å²) in [6, 6.07) is 16.0. The molecular formula is C37H37ClN4O5S. The topological polar surface area (TPSA) is 110 Å². The first-order valence-electron chi connectivity index (χ1n) is 16.0. The lowest BCUT2D eigenvalue weighted by molar-refractivity contribution is 0.0734. The number of carbonyl (C=O) groups excluding carboxylic acids is 3. The quantitative estimate of drug-likeness (QED) is 0.190. The van der Waals surface area contributed by atoms with Crippen LogP contribution in [0.5, 0.6) is 0 Å². The van der Waals surface area contributed by atoms with Crippen LogP contribution in [0.15, 0.2) is 65.6 Å². The zero-order valence-corrected chi connectivity index (χ0v) is 29.0. The van der Waals surface area contributed by atoms with Crippen LogP contribution in [-0.4, -0.2) is 66.0 Å². The van der Waals surface area contributed by atoms with Gasteiger partial charge in [-0.15, -0.1) is 0 Å². The number of carbonyl (C=O) groups is 3. The zero-order chi connectivity index (χ0) is 34.3. The Labute approximate surface area is 285 Å². The zero-order valence-electron chi connectivity index (χ0n) is 27.4. The Morgan fingerprint density at radius 1 is 0.958 bits per heavy atom. The number of fused-ring (bicyclic) bond motifs is 2. The lowest BCUT2D eigenvalue weighted by atomic mass is 9.98. The fourth-order valence-corrected chi connectivity index (χ4v) is 8.29. The van der Waals surface area contributed by atoms with Crippen LogP contribution in [0.4, 0.5) is 5.69 Å². The highest BCUT2D eigenvalue weighted by Crippen LogP contribution is 2.35. The molecule has 1 amide bonds. The van der Waals surface area contributed by atoms with Crippen molar-refractivity contribution in [3.63, 3.8) is 0 Å². The third-order valence-electron chi connectivity index (χ3n) is 9.16. The summed E-state index contributed by atoms with van der Waals surface area (Å²) in [5, 5.41) is 4.59. The number of amides is 1. The van der Waals surface area contributed by atoms with Gasteiger partial charge >= 0.3 is 0 Å². The number of halogens is 1. The van der Waals surface area contributed by atoms with Crippen LogP contribution in [-0.2, 0) is 29.2 Å². The van der Waals surface area contributed by atoms with Gasteiger partial charge in [0.1, 0.15) is 11.4 Å². The average molecular weight is 685 g/mol. The molecule has 2 aliphatic heterocycles. The molecule has 0 fully saturated rings. The molecule has 4 aromatic rings. The van der Waals surface area contributed by atoms with E-state index < -0.39 is 21.4 Å². The van der Waals surface area contributed by atoms with Crippen LogP contribution < -0.4 is 4.90 Å². The first-order chi connectivity index (χ1) is 22.9. The van der Waals surface area contributed by atoms with Crippen molar-refractivity contribution in [3.05, 3.63) is 110 Å². The molecule has 248 valence electrons. The molecule has 0 spiro atoms. The van der Waals surface area contributed by atoms with Gasteiger partial charge in [0, 0.05) is 44.4 Å². The summed E-state index contributed by atoms with van der Waals surface area (Å²) >= 11 is 6.47. The molecular weight excluding hydrogens is 648 g/mol. The molecule has 9 nitrogen and oxygen atoms in total. The number of anilines is 1. The summed E-state index contributed by atoms with van der Waals surface area (Å²) in [7, 11) is -4.08. The van der Waals surface area contributed by atoms with Crippen LogP contribution in [0.3, 0.4) is 0 Å². The minimum Gasteiger partial charge on any atom is -0.371 e. The Kier molecular flexibility index (Phi) is 9.15. The van der Waals surface area contributed by atoms with Crippen molar-refractivity contribution >= 4 is 50.7 Å². The molecule has 0 unspecified atom stereocenters. The number of hydrogen-bond acceptors (Lipinski definition) is 7. The van der Waals surface area contributed by atoms with E-state index in [0.717, 1.165) is 36.3 Å². The second kappa shape index (κ2) is 13.2. The lowest BCUT2D eigenvalue weighted by Gasteiger charge is -2.29. The summed E-state index contributed by atoms with van der Waals surface area (Å²) in [5.74, 6) is -2.09. The Bertz CT molecular complexity index is 2120. The van der Waals surface area contributed by atoms with Crippen LogP contribution in [0, 0.1) is 6.92 Å². The highest BCUT2D eigenvalue weighted by molar-refractivity contribution is 7.92. The molecule has 11 heteroatoms. The van der Waals surface area contributed by atoms with E-state index >= 15 is 0 Å². The van der Waals surface area contributed by atoms with Gasteiger partial charge in [0.2, 0.25) is 0 Å². The first kappa shape index (κ1) is 33.4. The molecule has 1 aromatic heterocycles. The van der Waals surface area contributed by atoms with Gasteiger partial charge in [0.15, 0.2) is 21.4 Å². The van der Waals surface area contributed by atoms with Gasteiger partial charge in [-0.3, -0.25) is 14.4 Å². The number of ketones is 2. The van der Waals surface area contributed by atoms with Crippen LogP contribution >= 0.6 is 11.6 Å². The third-order valence-corrected chi connectivity index (χ3v) is 11.3. The van der Waals surface area contributed by atoms with Crippen molar-refractivity contribution in [2.45, 2.75) is 52.0 Å². The van der Waals surface area contributed by atoms with Gasteiger partial charge in [0.25, 0.3) is 5.91 Å². The summed E-state index contributed by atoms with van der Waals surface area (Å²) in [6.07, 6.45) is 5.03. The molecule has 3 aromatic carbocycles. The summed E-state index contributed by atoms with van der Waals surface area (Å²) in [4.78, 5) is 44.3. The van der Waals surface area contributed by atoms with Gasteiger partial charge in [-0.25, -0.2) is 13.1 Å². The molecule has 2 aliphatic rings. The van der Waals surface area contributed by atoms with E-state index in [0.29, 0.717) is 36.5 Å². The molecule has 0 saturated carbocycles. The van der Waals surface area contributed by atoms with E-state index in [9.17, 15) is 22.8 Å². The standard InChI is InChI=1S/C37H37ClN4O5S/c1-5-9-28-18-26-15-16-40(6-2)32(26)20-34(28)48(46,47)22-33(44)27-12-13-31(42-23(3)35(38)36(39-42)24(4)43)30(19-27)37(45)41-17-14-25-10-7-8-11-29(25)21-41/h5,7-13,18-20H,6,14-17,21-22H2,1-4H3/b9-5+. The number of allylic oxidation sites excluding steroid dienone is 1. The maximum atomic E-state index is 14.2. The first-order valence-corrected chi connectivity index (χ1v) is 18.0. The Balaban J connectivity index is 1.40. The second-order valence-electron chi connectivity index (χ2n) is 12.2. The van der Waals surface area contributed by atoms with Crippen molar-refractivity contribution < 1.29 is 22.8 Å². The SMILES string of the molecule is C/C=C/c1cc2c(cc1S(=O)(=O)CC(=O)c1ccc(-n3nc(C(C)=O)c(Cl)c3C)c(C(=O)N3CCc4ccccc4C3)c1)N(CC)CC2. The predicted octanol–water partition coefficient (Wildman–Crippen LogP) is 6.31. The summed E-state index contributed by atoms with van der Waals surface area (Å²) in [5.41, 5.74) is 5.78. The number of rotatable bonds is 9. The van der Waals surface area contributed by atoms with Gasteiger partial charge in [-0.1, -0.05) is 48.0 Å². The third kappa shape index (κ3) is 6.10. The summed E-state index contributed by atoms with van der Waals surface area (Å²) < 4.78 is 29.3. The van der Waals surface area contributed by atoms with E-state index in [-0.39, 0.29) is 38.4 Å². The Hall–Kier alpha value is -4.54. The monoisotopic (exact) mass is 684 g/mol. The smallest absolute Gasteiger partial charge is 0.256 e. The number of sulfone groups is 1. The van der Waals surface area contributed by atoms with Crippen molar-refractivity contribution in [2.75, 3.05) is 30.3 Å². The van der Waals surface area contributed by atoms with Crippen molar-refractivity contribution in [2.24, 2.45) is 0 Å². The highest BCUT2D eigenvalue weighted by Gasteiger charge is 2.30. The van der Waals surface area contributed by atoms with E-state index in [4.69, 9.17) is 11.6 Å². The minimum atomic E-state index is -4.08. The highest BCUT2D eigenvalue weighted by atomic mass is 35.5. The predicted molar refractivity (Wildman–Crippen MR) is 187 cm³/mol. The van der Waals surface area contributed by atoms with Gasteiger partial charge in [0.05, 0.1) is 26.9 Å². The summed E-state index contributed by atoms with van der Waals surface area (Å²) in [6.45, 7) is 9.29. The molecule has 3 heterocycles. The number of aromatic nitrogens is 2. The van der Waals surface area contributed by atoms with E-state index in [1.165, 1.54) is 29.3 Å². The molecule has 6 rings (SSSR count). The van der Waals surface area contributed by atoms with Crippen LogP contribution in [0.2, 0.25) is 5.02 Å². The maximum Gasteiger partial charge on any atom is 0.256 e. The molecule has 0 bridgehead atoms. The molecule has 0 aliphatic carbocycles. The maximum absolute atomic E-state index is 14.2. The van der Waals surface area contributed by atoms with Gasteiger partial charge in [-0.2, -0.15) is 5.10 Å². The minimum absolute atomic E-state index is 0.0682. The number of benzene rings is 3. The lowest BCUT2D eigenvalue weighted by Crippen LogP contribution is -2.36. The van der Waals surface area contributed by atoms with E-state index in [1.54, 1.807) is 36.1 Å². The molecule has 0 N–H and O–H groups in total. The average Bonchev–Trinajstić information content (AvgIpc) is 3.62. The van der Waals surface area contributed by atoms with E-state index in [2.05, 4.69) is 10.00 Å². The van der Waals surface area contributed by atoms with Crippen molar-refractivity contribution in [1.29, 1.82) is 0 Å². The Morgan fingerprint density at radius 3 is 2.38 bits per heavy atom. The number of hydrogen-bond donors (Lipinski definition) is 0. The second-order valence-corrected chi connectivity index (χ2v) is 14.6. The van der Waals surface area contributed by atoms with Crippen LogP contribution in [0.1, 0.15) is 79.9 Å². The molecule has 0 radical (unpaired) electrons. The van der Waals surface area contributed by atoms with Crippen LogP contribution in [0.25, 0.3) is 11.8 Å². The normalized spacial score (nSPS) is 14.4. The van der Waals surface area contributed by atoms with Crippen molar-refractivity contribution in [3.8, 4) is 5.69 Å². The van der Waals surface area contributed by atoms with Gasteiger partial charge in [-0.05, 0) is 86.2 Å². The largest absolute Gasteiger partial charge is 0.371 e. The fourth-order valence-electron chi connectivity index (χ4n) is 6.59. The molecule has 48 heavy (non-hydrogen) atoms. The number of Topliss-reactive ketones (excluding diaryl/α,β-unsaturated/α-hetero) is 2. The molecule has 0 atom stereocenters. The number of nitrogens with zero attached hydrogens (tertiary/aromatic N) is 4. The van der Waals surface area contributed by atoms with E-state index in [1.807, 2.05) is 44.2 Å². The molecule has 0 saturated heterocycles. The van der Waals surface area contributed by atoms with Crippen molar-refractivity contribution in [1.82, 2.24) is 14.7 Å². The number of likely N-dealkylation sites (N-methyl/N-ethyl adjacent to an activating group) is 1.